The van der Waals surface area contributed by atoms with Crippen molar-refractivity contribution in [2.45, 2.75) is 53.1 Å². The number of ether oxygens (including phenoxy) is 1. The highest BCUT2D eigenvalue weighted by atomic mass is 16.5. The summed E-state index contributed by atoms with van der Waals surface area (Å²) in [5.41, 5.74) is 2.21. The molecule has 0 radical (unpaired) electrons. The molecule has 20 heavy (non-hydrogen) atoms. The molecule has 4 heteroatoms. The average Bonchev–Trinajstić information content (AvgIpc) is 2.34. The first-order valence-electron chi connectivity index (χ1n) is 7.28. The molecular formula is C16H26N2O2. The van der Waals surface area contributed by atoms with E-state index in [1.807, 2.05) is 52.8 Å². The molecule has 0 spiro atoms. The Balaban J connectivity index is 3.13. The first kappa shape index (κ1) is 16.3. The van der Waals surface area contributed by atoms with E-state index in [-0.39, 0.29) is 18.1 Å². The summed E-state index contributed by atoms with van der Waals surface area (Å²) in [6, 6.07) is 6.26. The van der Waals surface area contributed by atoms with Gasteiger partial charge in [-0.15, -0.1) is 0 Å². The van der Waals surface area contributed by atoms with Crippen LogP contribution in [0.3, 0.4) is 0 Å². The summed E-state index contributed by atoms with van der Waals surface area (Å²) in [5.74, 6) is -0.279. The molecule has 2 N–H and O–H groups in total. The standard InChI is InChI=1S/C16H26N2O2/c1-6-10-20-16(19)15-13(17-11(2)3)8-7-9-14(15)18-12(4)5/h7-9,11-12,17-18H,6,10H2,1-5H3. The smallest absolute Gasteiger partial charge is 0.342 e. The van der Waals surface area contributed by atoms with Crippen molar-refractivity contribution in [1.29, 1.82) is 0 Å². The van der Waals surface area contributed by atoms with Crippen LogP contribution in [0.4, 0.5) is 11.4 Å². The minimum absolute atomic E-state index is 0.252. The highest BCUT2D eigenvalue weighted by Crippen LogP contribution is 2.26. The molecule has 0 unspecified atom stereocenters. The fraction of sp³-hybridized carbons (Fsp3) is 0.562. The number of hydrogen-bond acceptors (Lipinski definition) is 4. The van der Waals surface area contributed by atoms with Crippen molar-refractivity contribution in [3.63, 3.8) is 0 Å². The predicted octanol–water partition coefficient (Wildman–Crippen LogP) is 3.89. The summed E-state index contributed by atoms with van der Waals surface area (Å²) in [4.78, 5) is 12.3. The number of rotatable bonds is 7. The summed E-state index contributed by atoms with van der Waals surface area (Å²) in [7, 11) is 0. The third-order valence-corrected chi connectivity index (χ3v) is 2.59. The predicted molar refractivity (Wildman–Crippen MR) is 84.5 cm³/mol. The molecule has 0 aliphatic rings. The first-order valence-corrected chi connectivity index (χ1v) is 7.28. The second kappa shape index (κ2) is 7.78. The van der Waals surface area contributed by atoms with Crippen molar-refractivity contribution >= 4 is 17.3 Å². The Labute approximate surface area is 121 Å². The number of carbonyl (C=O) groups is 1. The first-order chi connectivity index (χ1) is 9.45. The van der Waals surface area contributed by atoms with E-state index in [2.05, 4.69) is 10.6 Å². The lowest BCUT2D eigenvalue weighted by atomic mass is 10.1. The summed E-state index contributed by atoms with van der Waals surface area (Å²) >= 11 is 0. The fourth-order valence-electron chi connectivity index (χ4n) is 1.90. The van der Waals surface area contributed by atoms with Gasteiger partial charge in [0, 0.05) is 12.1 Å². The Hall–Kier alpha value is -1.71. The summed E-state index contributed by atoms with van der Waals surface area (Å²) < 4.78 is 5.30. The normalized spacial score (nSPS) is 10.8. The van der Waals surface area contributed by atoms with Gasteiger partial charge in [0.2, 0.25) is 0 Å². The molecule has 0 atom stereocenters. The molecule has 0 aliphatic carbocycles. The van der Waals surface area contributed by atoms with Crippen LogP contribution < -0.4 is 10.6 Å². The Bertz CT molecular complexity index is 414. The maximum atomic E-state index is 12.3. The zero-order chi connectivity index (χ0) is 15.1. The van der Waals surface area contributed by atoms with Crippen LogP contribution in [-0.4, -0.2) is 24.7 Å². The van der Waals surface area contributed by atoms with Crippen LogP contribution in [0.25, 0.3) is 0 Å². The minimum atomic E-state index is -0.279. The Kier molecular flexibility index (Phi) is 6.36. The molecule has 0 aromatic heterocycles. The molecule has 1 aromatic rings. The molecule has 4 nitrogen and oxygen atoms in total. The molecular weight excluding hydrogens is 252 g/mol. The Morgan fingerprint density at radius 1 is 1.10 bits per heavy atom. The van der Waals surface area contributed by atoms with Crippen molar-refractivity contribution < 1.29 is 9.53 Å². The Morgan fingerprint density at radius 2 is 1.60 bits per heavy atom. The lowest BCUT2D eigenvalue weighted by Gasteiger charge is -2.19. The topological polar surface area (TPSA) is 50.4 Å². The number of carbonyl (C=O) groups excluding carboxylic acids is 1. The van der Waals surface area contributed by atoms with Crippen molar-refractivity contribution in [2.75, 3.05) is 17.2 Å². The average molecular weight is 278 g/mol. The largest absolute Gasteiger partial charge is 0.462 e. The number of nitrogens with one attached hydrogen (secondary N) is 2. The number of esters is 1. The van der Waals surface area contributed by atoms with Gasteiger partial charge in [-0.2, -0.15) is 0 Å². The van der Waals surface area contributed by atoms with E-state index < -0.39 is 0 Å². The fourth-order valence-corrected chi connectivity index (χ4v) is 1.90. The van der Waals surface area contributed by atoms with E-state index >= 15 is 0 Å². The van der Waals surface area contributed by atoms with Crippen LogP contribution >= 0.6 is 0 Å². The van der Waals surface area contributed by atoms with Crippen LogP contribution in [0.2, 0.25) is 0 Å². The van der Waals surface area contributed by atoms with E-state index in [1.54, 1.807) is 0 Å². The van der Waals surface area contributed by atoms with E-state index in [1.165, 1.54) is 0 Å². The van der Waals surface area contributed by atoms with Gasteiger partial charge in [-0.25, -0.2) is 4.79 Å². The quantitative estimate of drug-likeness (QED) is 0.743. The van der Waals surface area contributed by atoms with Crippen LogP contribution in [0.5, 0.6) is 0 Å². The summed E-state index contributed by atoms with van der Waals surface area (Å²) in [6.45, 7) is 10.6. The monoisotopic (exact) mass is 278 g/mol. The molecule has 0 saturated carbocycles. The van der Waals surface area contributed by atoms with Crippen LogP contribution in [0, 0.1) is 0 Å². The van der Waals surface area contributed by atoms with Crippen molar-refractivity contribution in [3.05, 3.63) is 23.8 Å². The third-order valence-electron chi connectivity index (χ3n) is 2.59. The lowest BCUT2D eigenvalue weighted by Crippen LogP contribution is -2.19. The molecule has 112 valence electrons. The summed E-state index contributed by atoms with van der Waals surface area (Å²) in [6.07, 6.45) is 0.818. The molecule has 0 aliphatic heterocycles. The van der Waals surface area contributed by atoms with Gasteiger partial charge in [0.05, 0.1) is 18.0 Å². The van der Waals surface area contributed by atoms with Gasteiger partial charge in [-0.3, -0.25) is 0 Å². The highest BCUT2D eigenvalue weighted by molar-refractivity contribution is 6.01. The van der Waals surface area contributed by atoms with Gasteiger partial charge >= 0.3 is 5.97 Å². The van der Waals surface area contributed by atoms with Crippen molar-refractivity contribution in [3.8, 4) is 0 Å². The number of hydrogen-bond donors (Lipinski definition) is 2. The number of benzene rings is 1. The van der Waals surface area contributed by atoms with E-state index in [0.717, 1.165) is 17.8 Å². The lowest BCUT2D eigenvalue weighted by molar-refractivity contribution is 0.0507. The van der Waals surface area contributed by atoms with Crippen LogP contribution in [0.15, 0.2) is 18.2 Å². The van der Waals surface area contributed by atoms with Gasteiger partial charge in [0.1, 0.15) is 5.56 Å². The molecule has 1 rings (SSSR count). The van der Waals surface area contributed by atoms with Crippen LogP contribution in [0.1, 0.15) is 51.4 Å². The molecule has 0 amide bonds. The number of anilines is 2. The Morgan fingerprint density at radius 3 is 2.00 bits per heavy atom. The molecule has 0 saturated heterocycles. The van der Waals surface area contributed by atoms with Crippen molar-refractivity contribution in [1.82, 2.24) is 0 Å². The molecule has 0 heterocycles. The van der Waals surface area contributed by atoms with Gasteiger partial charge in [-0.05, 0) is 46.2 Å². The van der Waals surface area contributed by atoms with Crippen LogP contribution in [-0.2, 0) is 4.74 Å². The maximum absolute atomic E-state index is 12.3. The highest BCUT2D eigenvalue weighted by Gasteiger charge is 2.18. The van der Waals surface area contributed by atoms with E-state index in [4.69, 9.17) is 4.74 Å². The van der Waals surface area contributed by atoms with Gasteiger partial charge < -0.3 is 15.4 Å². The van der Waals surface area contributed by atoms with E-state index in [0.29, 0.717) is 12.2 Å². The second-order valence-corrected chi connectivity index (χ2v) is 5.46. The van der Waals surface area contributed by atoms with Crippen molar-refractivity contribution in [2.24, 2.45) is 0 Å². The van der Waals surface area contributed by atoms with Gasteiger partial charge in [-0.1, -0.05) is 13.0 Å². The molecule has 0 bridgehead atoms. The zero-order valence-corrected chi connectivity index (χ0v) is 13.1. The van der Waals surface area contributed by atoms with Gasteiger partial charge in [0.15, 0.2) is 0 Å². The zero-order valence-electron chi connectivity index (χ0n) is 13.1. The third kappa shape index (κ3) is 4.76. The second-order valence-electron chi connectivity index (χ2n) is 5.46. The molecule has 0 fully saturated rings. The van der Waals surface area contributed by atoms with Gasteiger partial charge in [0.25, 0.3) is 0 Å². The molecule has 1 aromatic carbocycles. The maximum Gasteiger partial charge on any atom is 0.342 e. The SMILES string of the molecule is CCCOC(=O)c1c(NC(C)C)cccc1NC(C)C. The minimum Gasteiger partial charge on any atom is -0.462 e. The summed E-state index contributed by atoms with van der Waals surface area (Å²) in [5, 5.41) is 6.61. The van der Waals surface area contributed by atoms with E-state index in [9.17, 15) is 4.79 Å².